The molecule has 8 aromatic carbocycles. The minimum atomic E-state index is -1.70. The van der Waals surface area contributed by atoms with Gasteiger partial charge in [-0.1, -0.05) is 211 Å². The SMILES string of the molecule is CC1C(COC(=O)c2ccccc2)OC(O[C@@H]2C(OC(=O)c3ccccc3)[C@H](OC3C(C)C(COC(=O)c4ccccc4)OC(O[C@@H]4C(OC(=O)c5ccccc5)C(O)OC(COCc5ccccc5)[C@@H]4C)C3C)OC(COCc3ccccc3)[C@@H]2C)C(C)C1OCc1ccc2ccccc2c1. The minimum absolute atomic E-state index is 0.0226. The highest BCUT2D eigenvalue weighted by Gasteiger charge is 2.56. The second-order valence-electron chi connectivity index (χ2n) is 27.0. The van der Waals surface area contributed by atoms with Crippen LogP contribution in [0.2, 0.25) is 0 Å². The zero-order valence-corrected chi connectivity index (χ0v) is 58.2. The molecule has 15 unspecified atom stereocenters. The van der Waals surface area contributed by atoms with E-state index in [1.165, 1.54) is 0 Å². The predicted molar refractivity (Wildman–Crippen MR) is 376 cm³/mol. The van der Waals surface area contributed by atoms with Gasteiger partial charge in [-0.2, -0.15) is 0 Å². The molecule has 0 bridgehead atoms. The molecule has 4 aliphatic heterocycles. The lowest BCUT2D eigenvalue weighted by Crippen LogP contribution is -2.63. The second kappa shape index (κ2) is 35.1. The van der Waals surface area contributed by atoms with Crippen LogP contribution in [0, 0.1) is 35.5 Å². The summed E-state index contributed by atoms with van der Waals surface area (Å²) in [6.07, 6.45) is -15.3. The van der Waals surface area contributed by atoms with Crippen molar-refractivity contribution in [2.75, 3.05) is 26.4 Å². The first-order valence-corrected chi connectivity index (χ1v) is 35.2. The van der Waals surface area contributed by atoms with Crippen molar-refractivity contribution in [3.8, 4) is 0 Å². The van der Waals surface area contributed by atoms with Gasteiger partial charge in [0.2, 0.25) is 0 Å². The number of carbonyl (C=O) groups is 4. The number of benzene rings is 8. The first-order valence-electron chi connectivity index (χ1n) is 35.2. The molecule has 0 amide bonds. The lowest BCUT2D eigenvalue weighted by Gasteiger charge is -2.51. The van der Waals surface area contributed by atoms with Gasteiger partial charge in [-0.25, -0.2) is 19.2 Å². The maximum absolute atomic E-state index is 14.9. The summed E-state index contributed by atoms with van der Waals surface area (Å²) >= 11 is 0. The van der Waals surface area contributed by atoms with Crippen molar-refractivity contribution in [1.82, 2.24) is 0 Å². The first kappa shape index (κ1) is 73.2. The highest BCUT2D eigenvalue weighted by molar-refractivity contribution is 5.91. The van der Waals surface area contributed by atoms with Crippen molar-refractivity contribution >= 4 is 34.6 Å². The van der Waals surface area contributed by atoms with E-state index < -0.39 is 140 Å². The molecule has 4 heterocycles. The third-order valence-corrected chi connectivity index (χ3v) is 20.0. The Morgan fingerprint density at radius 2 is 0.686 bits per heavy atom. The molecular formula is C83H90O19. The number of fused-ring (bicyclic) bond motifs is 1. The molecule has 4 saturated heterocycles. The summed E-state index contributed by atoms with van der Waals surface area (Å²) in [5.74, 6) is -6.07. The molecule has 12 rings (SSSR count). The smallest absolute Gasteiger partial charge is 0.338 e. The van der Waals surface area contributed by atoms with E-state index >= 15 is 0 Å². The molecule has 0 saturated carbocycles. The normalized spacial score (nSPS) is 29.4. The van der Waals surface area contributed by atoms with Gasteiger partial charge in [-0.15, -0.1) is 0 Å². The van der Waals surface area contributed by atoms with Crippen LogP contribution in [0.25, 0.3) is 10.8 Å². The first-order chi connectivity index (χ1) is 49.6. The summed E-state index contributed by atoms with van der Waals surface area (Å²) in [6, 6.07) is 68.0. The molecule has 0 aromatic heterocycles. The Kier molecular flexibility index (Phi) is 25.2. The minimum Gasteiger partial charge on any atom is -0.459 e. The largest absolute Gasteiger partial charge is 0.459 e. The molecule has 19 nitrogen and oxygen atoms in total. The van der Waals surface area contributed by atoms with Crippen molar-refractivity contribution < 1.29 is 90.6 Å². The summed E-state index contributed by atoms with van der Waals surface area (Å²) in [5.41, 5.74) is 3.98. The fourth-order valence-corrected chi connectivity index (χ4v) is 13.9. The molecule has 4 fully saturated rings. The zero-order valence-electron chi connectivity index (χ0n) is 58.2. The van der Waals surface area contributed by atoms with Crippen molar-refractivity contribution in [2.45, 2.75) is 148 Å². The van der Waals surface area contributed by atoms with Crippen LogP contribution in [0.3, 0.4) is 0 Å². The average molecular weight is 1390 g/mol. The van der Waals surface area contributed by atoms with Crippen molar-refractivity contribution in [3.63, 3.8) is 0 Å². The number of hydrogen-bond acceptors (Lipinski definition) is 19. The topological polar surface area (TPSA) is 218 Å². The molecule has 536 valence electrons. The fourth-order valence-electron chi connectivity index (χ4n) is 13.9. The van der Waals surface area contributed by atoms with Gasteiger partial charge < -0.3 is 71.4 Å². The van der Waals surface area contributed by atoms with Crippen molar-refractivity contribution in [2.24, 2.45) is 35.5 Å². The molecule has 0 radical (unpaired) electrons. The van der Waals surface area contributed by atoms with Gasteiger partial charge in [0, 0.05) is 35.5 Å². The van der Waals surface area contributed by atoms with Crippen LogP contribution in [-0.4, -0.2) is 142 Å². The highest BCUT2D eigenvalue weighted by Crippen LogP contribution is 2.43. The summed E-state index contributed by atoms with van der Waals surface area (Å²) in [6.45, 7) is 11.9. The monoisotopic (exact) mass is 1390 g/mol. The Labute approximate surface area is 595 Å². The molecule has 4 aliphatic rings. The Hall–Kier alpha value is -8.54. The fraction of sp³-hybridized carbons (Fsp3) is 0.398. The number of aliphatic hydroxyl groups excluding tert-OH is 1. The van der Waals surface area contributed by atoms with E-state index in [9.17, 15) is 24.3 Å². The summed E-state index contributed by atoms with van der Waals surface area (Å²) in [7, 11) is 0. The van der Waals surface area contributed by atoms with Crippen LogP contribution in [0.4, 0.5) is 0 Å². The van der Waals surface area contributed by atoms with Crippen LogP contribution in [-0.2, 0) is 86.1 Å². The van der Waals surface area contributed by atoms with Crippen LogP contribution >= 0.6 is 0 Å². The number of rotatable bonds is 27. The molecule has 1 N–H and O–H groups in total. The summed E-state index contributed by atoms with van der Waals surface area (Å²) < 4.78 is 94.5. The van der Waals surface area contributed by atoms with E-state index in [1.54, 1.807) is 115 Å². The van der Waals surface area contributed by atoms with Crippen LogP contribution in [0.15, 0.2) is 224 Å². The average Bonchev–Trinajstić information content (AvgIpc) is 0.741. The Morgan fingerprint density at radius 3 is 1.18 bits per heavy atom. The van der Waals surface area contributed by atoms with Crippen LogP contribution in [0.1, 0.15) is 99.7 Å². The van der Waals surface area contributed by atoms with Gasteiger partial charge in [0.15, 0.2) is 37.4 Å². The molecule has 0 aliphatic carbocycles. The third kappa shape index (κ3) is 18.3. The van der Waals surface area contributed by atoms with Crippen molar-refractivity contribution in [3.05, 3.63) is 263 Å². The zero-order chi connectivity index (χ0) is 71.1. The predicted octanol–water partition coefficient (Wildman–Crippen LogP) is 13.2. The number of hydrogen-bond donors (Lipinski definition) is 1. The third-order valence-electron chi connectivity index (χ3n) is 20.0. The second-order valence-corrected chi connectivity index (χ2v) is 27.0. The van der Waals surface area contributed by atoms with Gasteiger partial charge in [0.05, 0.1) is 91.9 Å². The van der Waals surface area contributed by atoms with E-state index in [1.807, 2.05) is 126 Å². The highest BCUT2D eigenvalue weighted by atomic mass is 16.8. The van der Waals surface area contributed by atoms with Gasteiger partial charge >= 0.3 is 23.9 Å². The van der Waals surface area contributed by atoms with Crippen molar-refractivity contribution in [1.29, 1.82) is 0 Å². The number of ether oxygens (including phenoxy) is 14. The number of esters is 4. The summed E-state index contributed by atoms with van der Waals surface area (Å²) in [5, 5.41) is 14.2. The van der Waals surface area contributed by atoms with Crippen LogP contribution in [0.5, 0.6) is 0 Å². The van der Waals surface area contributed by atoms with E-state index in [0.29, 0.717) is 11.1 Å². The number of carbonyl (C=O) groups excluding carboxylic acids is 4. The van der Waals surface area contributed by atoms with Gasteiger partial charge in [-0.3, -0.25) is 0 Å². The Morgan fingerprint density at radius 1 is 0.324 bits per heavy atom. The standard InChI is InChI=1S/C83H90O19/c1-51-68(49-92-76(84)61-32-17-9-18-33-61)95-81(55(5)70(51)91-46-59-41-42-60-31-25-26-40-65(60)43-59)102-73-54(4)67(48-90-45-58-29-15-8-16-30-58)97-83(75(73)99-79(87)64-38-23-12-24-39-64)100-71-52(2)69(50-93-77(85)62-34-19-10-20-35-62)96-82(56(71)6)101-72-53(3)66(47-89-44-57-27-13-7-14-28-57)94-80(88)74(72)98-78(86)63-36-21-11-22-37-63/h7-43,51-56,66-75,80-83,88H,44-50H2,1-6H3/t51?,52?,53-,54-,55?,56?,66?,67?,68?,69?,70?,71?,72-,73-,74?,75?,80?,81?,82?,83-/m0/s1. The molecule has 20 atom stereocenters. The Balaban J connectivity index is 0.896. The van der Waals surface area contributed by atoms with Crippen LogP contribution < -0.4 is 0 Å². The molecular weight excluding hydrogens is 1300 g/mol. The van der Waals surface area contributed by atoms with E-state index in [2.05, 4.69) is 24.3 Å². The maximum Gasteiger partial charge on any atom is 0.338 e. The molecule has 8 aromatic rings. The molecule has 19 heteroatoms. The summed E-state index contributed by atoms with van der Waals surface area (Å²) in [4.78, 5) is 56.6. The molecule has 102 heavy (non-hydrogen) atoms. The van der Waals surface area contributed by atoms with Gasteiger partial charge in [0.25, 0.3) is 0 Å². The lowest BCUT2D eigenvalue weighted by molar-refractivity contribution is -0.370. The van der Waals surface area contributed by atoms with E-state index in [0.717, 1.165) is 27.5 Å². The Bertz CT molecular complexity index is 3950. The van der Waals surface area contributed by atoms with Gasteiger partial charge in [-0.05, 0) is 82.1 Å². The lowest BCUT2D eigenvalue weighted by atomic mass is 9.84. The van der Waals surface area contributed by atoms with E-state index in [-0.39, 0.29) is 63.3 Å². The van der Waals surface area contributed by atoms with Gasteiger partial charge in [0.1, 0.15) is 25.4 Å². The number of aliphatic hydroxyl groups is 1. The maximum atomic E-state index is 14.9. The quantitative estimate of drug-likeness (QED) is 0.0374. The molecule has 0 spiro atoms. The van der Waals surface area contributed by atoms with E-state index in [4.69, 9.17) is 66.3 Å².